The van der Waals surface area contributed by atoms with Crippen LogP contribution < -0.4 is 16.1 Å². The molecule has 1 fully saturated rings. The van der Waals surface area contributed by atoms with Crippen molar-refractivity contribution in [2.24, 2.45) is 10.8 Å². The molecule has 0 radical (unpaired) electrons. The van der Waals surface area contributed by atoms with Crippen LogP contribution in [0.4, 0.5) is 18.9 Å². The summed E-state index contributed by atoms with van der Waals surface area (Å²) in [5.41, 5.74) is 8.35. The summed E-state index contributed by atoms with van der Waals surface area (Å²) in [5.74, 6) is 0. The summed E-state index contributed by atoms with van der Waals surface area (Å²) < 4.78 is 40.6. The standard InChI is InChI=1S/C19H21F3N6S/c20-19(21,22)17-10-16(4-3-15(17)12-25-26-18(23)29)28-8-6-27(7-9-28)13-14-2-1-5-24-11-14/h1-5,10-12H,6-9,13H2,(H3,23,26,29)/b25-12+. The summed E-state index contributed by atoms with van der Waals surface area (Å²) in [7, 11) is 0. The normalized spacial score (nSPS) is 15.6. The molecule has 1 aromatic carbocycles. The van der Waals surface area contributed by atoms with Gasteiger partial charge in [0.1, 0.15) is 0 Å². The molecule has 2 heterocycles. The fourth-order valence-electron chi connectivity index (χ4n) is 3.18. The highest BCUT2D eigenvalue weighted by Gasteiger charge is 2.34. The maximum atomic E-state index is 13.5. The summed E-state index contributed by atoms with van der Waals surface area (Å²) >= 11 is 4.59. The zero-order valence-corrected chi connectivity index (χ0v) is 16.4. The highest BCUT2D eigenvalue weighted by Crippen LogP contribution is 2.34. The van der Waals surface area contributed by atoms with E-state index in [2.05, 4.69) is 32.6 Å². The number of aromatic nitrogens is 1. The van der Waals surface area contributed by atoms with Crippen molar-refractivity contribution in [3.8, 4) is 0 Å². The lowest BCUT2D eigenvalue weighted by atomic mass is 10.1. The fourth-order valence-corrected chi connectivity index (χ4v) is 3.23. The van der Waals surface area contributed by atoms with E-state index in [1.165, 1.54) is 12.1 Å². The lowest BCUT2D eigenvalue weighted by Gasteiger charge is -2.36. The fraction of sp³-hybridized carbons (Fsp3) is 0.316. The highest BCUT2D eigenvalue weighted by molar-refractivity contribution is 7.80. The van der Waals surface area contributed by atoms with Crippen molar-refractivity contribution in [1.82, 2.24) is 15.3 Å². The third-order valence-corrected chi connectivity index (χ3v) is 4.68. The molecule has 2 aromatic rings. The number of hydrogen-bond donors (Lipinski definition) is 2. The predicted octanol–water partition coefficient (Wildman–Crippen LogP) is 2.59. The van der Waals surface area contributed by atoms with Crippen molar-refractivity contribution in [3.05, 3.63) is 59.4 Å². The van der Waals surface area contributed by atoms with Crippen LogP contribution in [0.5, 0.6) is 0 Å². The summed E-state index contributed by atoms with van der Waals surface area (Å²) in [6, 6.07) is 8.16. The first-order chi connectivity index (χ1) is 13.8. The number of hydrazone groups is 1. The van der Waals surface area contributed by atoms with Crippen LogP contribution in [0.15, 0.2) is 47.8 Å². The maximum absolute atomic E-state index is 13.5. The summed E-state index contributed by atoms with van der Waals surface area (Å²) in [6.45, 7) is 3.59. The number of nitrogens with one attached hydrogen (secondary N) is 1. The Kier molecular flexibility index (Phi) is 6.65. The number of anilines is 1. The molecule has 1 aromatic heterocycles. The second kappa shape index (κ2) is 9.19. The molecule has 1 aliphatic rings. The van der Waals surface area contributed by atoms with Crippen LogP contribution in [-0.2, 0) is 12.7 Å². The molecule has 154 valence electrons. The van der Waals surface area contributed by atoms with Gasteiger partial charge in [-0.3, -0.25) is 15.3 Å². The number of piperazine rings is 1. The zero-order chi connectivity index (χ0) is 20.9. The van der Waals surface area contributed by atoms with Crippen LogP contribution in [0.25, 0.3) is 0 Å². The number of benzene rings is 1. The van der Waals surface area contributed by atoms with Gasteiger partial charge in [-0.2, -0.15) is 18.3 Å². The van der Waals surface area contributed by atoms with Gasteiger partial charge >= 0.3 is 6.18 Å². The number of halogens is 3. The van der Waals surface area contributed by atoms with E-state index >= 15 is 0 Å². The molecular formula is C19H21F3N6S. The third-order valence-electron chi connectivity index (χ3n) is 4.59. The first-order valence-electron chi connectivity index (χ1n) is 8.99. The highest BCUT2D eigenvalue weighted by atomic mass is 32.1. The number of nitrogens with zero attached hydrogens (tertiary/aromatic N) is 4. The molecule has 29 heavy (non-hydrogen) atoms. The maximum Gasteiger partial charge on any atom is 0.417 e. The van der Waals surface area contributed by atoms with Crippen molar-refractivity contribution < 1.29 is 13.2 Å². The van der Waals surface area contributed by atoms with E-state index in [0.717, 1.165) is 31.4 Å². The van der Waals surface area contributed by atoms with Crippen LogP contribution in [0.2, 0.25) is 0 Å². The van der Waals surface area contributed by atoms with Crippen molar-refractivity contribution in [2.45, 2.75) is 12.7 Å². The number of nitrogens with two attached hydrogens (primary N) is 1. The SMILES string of the molecule is NC(=S)N/N=C/c1ccc(N2CCN(Cc3cccnc3)CC2)cc1C(F)(F)F. The Morgan fingerprint density at radius 2 is 2.00 bits per heavy atom. The first-order valence-corrected chi connectivity index (χ1v) is 9.40. The van der Waals surface area contributed by atoms with Gasteiger partial charge in [-0.25, -0.2) is 0 Å². The van der Waals surface area contributed by atoms with Gasteiger partial charge in [-0.1, -0.05) is 12.1 Å². The van der Waals surface area contributed by atoms with Crippen LogP contribution in [0.1, 0.15) is 16.7 Å². The minimum atomic E-state index is -4.50. The van der Waals surface area contributed by atoms with E-state index < -0.39 is 11.7 Å². The van der Waals surface area contributed by atoms with Crippen molar-refractivity contribution in [1.29, 1.82) is 0 Å². The summed E-state index contributed by atoms with van der Waals surface area (Å²) in [6.07, 6.45) is 0.128. The number of pyridine rings is 1. The van der Waals surface area contributed by atoms with E-state index in [0.29, 0.717) is 18.8 Å². The second-order valence-corrected chi connectivity index (χ2v) is 7.07. The zero-order valence-electron chi connectivity index (χ0n) is 15.6. The van der Waals surface area contributed by atoms with Gasteiger partial charge in [0, 0.05) is 56.4 Å². The topological polar surface area (TPSA) is 69.8 Å². The van der Waals surface area contributed by atoms with E-state index in [-0.39, 0.29) is 10.7 Å². The second-order valence-electron chi connectivity index (χ2n) is 6.63. The van der Waals surface area contributed by atoms with E-state index in [1.54, 1.807) is 12.3 Å². The first kappa shape index (κ1) is 21.0. The quantitative estimate of drug-likeness (QED) is 0.439. The van der Waals surface area contributed by atoms with Gasteiger partial charge < -0.3 is 10.6 Å². The van der Waals surface area contributed by atoms with Crippen LogP contribution in [0.3, 0.4) is 0 Å². The Morgan fingerprint density at radius 3 is 2.62 bits per heavy atom. The molecular weight excluding hydrogens is 401 g/mol. The van der Waals surface area contributed by atoms with Crippen molar-refractivity contribution in [2.75, 3.05) is 31.1 Å². The molecule has 0 spiro atoms. The number of alkyl halides is 3. The van der Waals surface area contributed by atoms with Crippen LogP contribution in [0, 0.1) is 0 Å². The Hall–Kier alpha value is -2.72. The summed E-state index contributed by atoms with van der Waals surface area (Å²) in [5, 5.41) is 3.53. The minimum absolute atomic E-state index is 0.0554. The molecule has 1 saturated heterocycles. The van der Waals surface area contributed by atoms with Crippen LogP contribution in [-0.4, -0.2) is 47.4 Å². The largest absolute Gasteiger partial charge is 0.417 e. The molecule has 0 bridgehead atoms. The van der Waals surface area contributed by atoms with E-state index in [4.69, 9.17) is 5.73 Å². The van der Waals surface area contributed by atoms with E-state index in [1.807, 2.05) is 23.2 Å². The third kappa shape index (κ3) is 5.88. The van der Waals surface area contributed by atoms with Crippen molar-refractivity contribution >= 4 is 29.2 Å². The Morgan fingerprint density at radius 1 is 1.24 bits per heavy atom. The number of hydrogen-bond acceptors (Lipinski definition) is 5. The van der Waals surface area contributed by atoms with Gasteiger partial charge in [-0.05, 0) is 36.0 Å². The Balaban J connectivity index is 1.69. The summed E-state index contributed by atoms with van der Waals surface area (Å²) in [4.78, 5) is 8.34. The molecule has 0 atom stereocenters. The molecule has 0 amide bonds. The Bertz CT molecular complexity index is 864. The smallest absolute Gasteiger partial charge is 0.375 e. The molecule has 6 nitrogen and oxygen atoms in total. The number of rotatable bonds is 5. The molecule has 0 aliphatic carbocycles. The monoisotopic (exact) mass is 422 g/mol. The van der Waals surface area contributed by atoms with E-state index in [9.17, 15) is 13.2 Å². The van der Waals surface area contributed by atoms with Gasteiger partial charge in [0.2, 0.25) is 0 Å². The molecule has 3 N–H and O–H groups in total. The predicted molar refractivity (Wildman–Crippen MR) is 111 cm³/mol. The molecule has 3 rings (SSSR count). The van der Waals surface area contributed by atoms with Crippen LogP contribution >= 0.6 is 12.2 Å². The average Bonchev–Trinajstić information content (AvgIpc) is 2.68. The van der Waals surface area contributed by atoms with Gasteiger partial charge in [0.15, 0.2) is 5.11 Å². The lowest BCUT2D eigenvalue weighted by Crippen LogP contribution is -2.46. The Labute approximate surface area is 172 Å². The molecule has 0 saturated carbocycles. The van der Waals surface area contributed by atoms with Crippen molar-refractivity contribution in [3.63, 3.8) is 0 Å². The molecule has 1 aliphatic heterocycles. The van der Waals surface area contributed by atoms with Gasteiger partial charge in [0.25, 0.3) is 0 Å². The number of thiocarbonyl (C=S) groups is 1. The van der Waals surface area contributed by atoms with Gasteiger partial charge in [0.05, 0.1) is 11.8 Å². The molecule has 0 unspecified atom stereocenters. The average molecular weight is 422 g/mol. The lowest BCUT2D eigenvalue weighted by molar-refractivity contribution is -0.137. The molecule has 10 heteroatoms. The minimum Gasteiger partial charge on any atom is -0.375 e. The van der Waals surface area contributed by atoms with Gasteiger partial charge in [-0.15, -0.1) is 0 Å².